The van der Waals surface area contributed by atoms with Crippen molar-refractivity contribution in [2.45, 2.75) is 38.2 Å². The van der Waals surface area contributed by atoms with Gasteiger partial charge in [-0.25, -0.2) is 0 Å². The molecule has 6 heteroatoms. The molecule has 0 bridgehead atoms. The van der Waals surface area contributed by atoms with Crippen LogP contribution in [0.25, 0.3) is 0 Å². The fourth-order valence-electron chi connectivity index (χ4n) is 2.69. The number of rotatable bonds is 9. The lowest BCUT2D eigenvalue weighted by Gasteiger charge is -2.11. The van der Waals surface area contributed by atoms with Crippen molar-refractivity contribution in [3.05, 3.63) is 47.5 Å². The molecule has 0 saturated carbocycles. The summed E-state index contributed by atoms with van der Waals surface area (Å²) >= 11 is 0. The number of hydrogen-bond donors (Lipinski definition) is 4. The first-order chi connectivity index (χ1) is 12.4. The Bertz CT molecular complexity index is 756. The lowest BCUT2D eigenvalue weighted by molar-refractivity contribution is -0.121. The third-order valence-corrected chi connectivity index (χ3v) is 4.21. The molecular weight excluding hydrogens is 336 g/mol. The average Bonchev–Trinajstić information content (AvgIpc) is 2.62. The summed E-state index contributed by atoms with van der Waals surface area (Å²) in [6, 6.07) is 9.47. The summed E-state index contributed by atoms with van der Waals surface area (Å²) in [5.41, 5.74) is 1.66. The second-order valence-electron chi connectivity index (χ2n) is 6.26. The zero-order valence-electron chi connectivity index (χ0n) is 14.7. The maximum Gasteiger partial charge on any atom is 0.160 e. The van der Waals surface area contributed by atoms with Crippen LogP contribution in [0.1, 0.15) is 30.4 Å². The number of ketones is 1. The Balaban J connectivity index is 1.77. The molecule has 2 aromatic carbocycles. The van der Waals surface area contributed by atoms with Crippen molar-refractivity contribution in [3.63, 3.8) is 0 Å². The minimum Gasteiger partial charge on any atom is -0.504 e. The lowest BCUT2D eigenvalue weighted by atomic mass is 10.00. The van der Waals surface area contributed by atoms with Crippen molar-refractivity contribution in [2.75, 3.05) is 7.11 Å². The van der Waals surface area contributed by atoms with Gasteiger partial charge < -0.3 is 25.2 Å². The highest BCUT2D eigenvalue weighted by Gasteiger charge is 2.12. The predicted molar refractivity (Wildman–Crippen MR) is 96.7 cm³/mol. The average molecular weight is 360 g/mol. The SMILES string of the molecule is COc1cc(CCC(=O)CC(O)CCc2ccc(O)c(O)c2)ccc1O. The van der Waals surface area contributed by atoms with Crippen LogP contribution in [0.5, 0.6) is 23.0 Å². The zero-order chi connectivity index (χ0) is 19.1. The number of carbonyl (C=O) groups excluding carboxylic acids is 1. The number of ether oxygens (including phenoxy) is 1. The molecule has 6 nitrogen and oxygen atoms in total. The van der Waals surface area contributed by atoms with Crippen LogP contribution in [-0.4, -0.2) is 39.4 Å². The van der Waals surface area contributed by atoms with Gasteiger partial charge in [-0.05, 0) is 54.7 Å². The van der Waals surface area contributed by atoms with Crippen LogP contribution < -0.4 is 4.74 Å². The number of hydrogen-bond acceptors (Lipinski definition) is 6. The Morgan fingerprint density at radius 3 is 2.27 bits per heavy atom. The van der Waals surface area contributed by atoms with Crippen molar-refractivity contribution < 1.29 is 30.0 Å². The van der Waals surface area contributed by atoms with Gasteiger partial charge in [-0.15, -0.1) is 0 Å². The molecule has 0 aromatic heterocycles. The first-order valence-electron chi connectivity index (χ1n) is 8.45. The molecule has 0 saturated heterocycles. The van der Waals surface area contributed by atoms with Crippen LogP contribution in [0.4, 0.5) is 0 Å². The number of phenols is 3. The molecule has 0 aliphatic rings. The van der Waals surface area contributed by atoms with E-state index in [1.807, 2.05) is 0 Å². The molecule has 0 aliphatic carbocycles. The first kappa shape index (κ1) is 19.6. The Hall–Kier alpha value is -2.73. The zero-order valence-corrected chi connectivity index (χ0v) is 14.7. The summed E-state index contributed by atoms with van der Waals surface area (Å²) in [7, 11) is 1.47. The van der Waals surface area contributed by atoms with Crippen molar-refractivity contribution >= 4 is 5.78 Å². The van der Waals surface area contributed by atoms with Crippen LogP contribution in [0, 0.1) is 0 Å². The Morgan fingerprint density at radius 2 is 1.62 bits per heavy atom. The van der Waals surface area contributed by atoms with Crippen molar-refractivity contribution in [2.24, 2.45) is 0 Å². The number of carbonyl (C=O) groups is 1. The third-order valence-electron chi connectivity index (χ3n) is 4.21. The maximum absolute atomic E-state index is 12.0. The van der Waals surface area contributed by atoms with E-state index < -0.39 is 6.10 Å². The van der Waals surface area contributed by atoms with Gasteiger partial charge in [0.2, 0.25) is 0 Å². The molecule has 0 fully saturated rings. The van der Waals surface area contributed by atoms with Gasteiger partial charge in [0.1, 0.15) is 5.78 Å². The van der Waals surface area contributed by atoms with Crippen LogP contribution in [0.2, 0.25) is 0 Å². The molecular formula is C20H24O6. The predicted octanol–water partition coefficient (Wildman–Crippen LogP) is 2.70. The van der Waals surface area contributed by atoms with E-state index in [0.29, 0.717) is 31.4 Å². The van der Waals surface area contributed by atoms with Crippen molar-refractivity contribution in [1.29, 1.82) is 0 Å². The number of benzene rings is 2. The number of aliphatic hydroxyl groups is 1. The minimum atomic E-state index is -0.757. The molecule has 0 radical (unpaired) electrons. The highest BCUT2D eigenvalue weighted by molar-refractivity contribution is 5.79. The molecule has 0 heterocycles. The molecule has 140 valence electrons. The highest BCUT2D eigenvalue weighted by atomic mass is 16.5. The molecule has 1 unspecified atom stereocenters. The smallest absolute Gasteiger partial charge is 0.160 e. The van der Waals surface area contributed by atoms with Crippen LogP contribution in [-0.2, 0) is 17.6 Å². The molecule has 1 atom stereocenters. The fraction of sp³-hybridized carbons (Fsp3) is 0.350. The van der Waals surface area contributed by atoms with Gasteiger partial charge >= 0.3 is 0 Å². The topological polar surface area (TPSA) is 107 Å². The summed E-state index contributed by atoms with van der Waals surface area (Å²) in [5, 5.41) is 38.3. The van der Waals surface area contributed by atoms with E-state index in [0.717, 1.165) is 11.1 Å². The van der Waals surface area contributed by atoms with Gasteiger partial charge in [-0.2, -0.15) is 0 Å². The second-order valence-corrected chi connectivity index (χ2v) is 6.26. The van der Waals surface area contributed by atoms with Gasteiger partial charge in [-0.1, -0.05) is 12.1 Å². The van der Waals surface area contributed by atoms with Crippen molar-refractivity contribution in [3.8, 4) is 23.0 Å². The fourth-order valence-corrected chi connectivity index (χ4v) is 2.69. The largest absolute Gasteiger partial charge is 0.504 e. The normalized spacial score (nSPS) is 11.9. The Labute approximate surface area is 152 Å². The standard InChI is InChI=1S/C20H24O6/c1-26-20-11-14(5-9-18(20)24)3-7-16(22)12-15(21)6-2-13-4-8-17(23)19(25)10-13/h4-5,8-11,15,21,23-25H,2-3,6-7,12H2,1H3. The first-order valence-corrected chi connectivity index (χ1v) is 8.45. The number of aromatic hydroxyl groups is 3. The van der Waals surface area contributed by atoms with Gasteiger partial charge in [0, 0.05) is 12.8 Å². The second kappa shape index (κ2) is 9.10. The summed E-state index contributed by atoms with van der Waals surface area (Å²) in [4.78, 5) is 12.0. The van der Waals surface area contributed by atoms with Gasteiger partial charge in [-0.3, -0.25) is 4.79 Å². The van der Waals surface area contributed by atoms with E-state index in [9.17, 15) is 25.2 Å². The summed E-state index contributed by atoms with van der Waals surface area (Å²) in [5.74, 6) is -0.00350. The van der Waals surface area contributed by atoms with Crippen molar-refractivity contribution in [1.82, 2.24) is 0 Å². The van der Waals surface area contributed by atoms with E-state index in [1.54, 1.807) is 18.2 Å². The van der Waals surface area contributed by atoms with E-state index in [-0.39, 0.29) is 29.5 Å². The van der Waals surface area contributed by atoms with Gasteiger partial charge in [0.05, 0.1) is 13.2 Å². The number of methoxy groups -OCH3 is 1. The maximum atomic E-state index is 12.0. The van der Waals surface area contributed by atoms with Gasteiger partial charge in [0.15, 0.2) is 23.0 Å². The summed E-state index contributed by atoms with van der Waals surface area (Å²) in [6.07, 6.45) is 1.01. The summed E-state index contributed by atoms with van der Waals surface area (Å²) < 4.78 is 5.04. The Kier molecular flexibility index (Phi) is 6.86. The minimum absolute atomic E-state index is 0.0434. The van der Waals surface area contributed by atoms with Gasteiger partial charge in [0.25, 0.3) is 0 Å². The monoisotopic (exact) mass is 360 g/mol. The molecule has 0 spiro atoms. The number of Topliss-reactive ketones (excluding diaryl/α,β-unsaturated/α-hetero) is 1. The van der Waals surface area contributed by atoms with E-state index >= 15 is 0 Å². The molecule has 2 rings (SSSR count). The van der Waals surface area contributed by atoms with E-state index in [1.165, 1.54) is 25.3 Å². The quantitative estimate of drug-likeness (QED) is 0.512. The summed E-state index contributed by atoms with van der Waals surface area (Å²) in [6.45, 7) is 0. The molecule has 0 aliphatic heterocycles. The van der Waals surface area contributed by atoms with Crippen LogP contribution in [0.3, 0.4) is 0 Å². The third kappa shape index (κ3) is 5.67. The molecule has 26 heavy (non-hydrogen) atoms. The van der Waals surface area contributed by atoms with Crippen LogP contribution >= 0.6 is 0 Å². The molecule has 4 N–H and O–H groups in total. The molecule has 0 amide bonds. The highest BCUT2D eigenvalue weighted by Crippen LogP contribution is 2.27. The number of aliphatic hydroxyl groups excluding tert-OH is 1. The van der Waals surface area contributed by atoms with Crippen LogP contribution in [0.15, 0.2) is 36.4 Å². The van der Waals surface area contributed by atoms with E-state index in [2.05, 4.69) is 0 Å². The molecule has 2 aromatic rings. The number of aryl methyl sites for hydroxylation is 2. The van der Waals surface area contributed by atoms with E-state index in [4.69, 9.17) is 4.74 Å². The Morgan fingerprint density at radius 1 is 0.962 bits per heavy atom. The number of phenolic OH excluding ortho intramolecular Hbond substituents is 3. The lowest BCUT2D eigenvalue weighted by Crippen LogP contribution is -2.14.